The van der Waals surface area contributed by atoms with Crippen molar-refractivity contribution in [2.45, 2.75) is 104 Å². The number of hydrogen-bond acceptors (Lipinski definition) is 5. The highest BCUT2D eigenvalue weighted by molar-refractivity contribution is 5.94. The highest BCUT2D eigenvalue weighted by atomic mass is 16.6. The zero-order valence-electron chi connectivity index (χ0n) is 23.4. The van der Waals surface area contributed by atoms with Crippen LogP contribution in [0, 0.1) is 6.92 Å². The summed E-state index contributed by atoms with van der Waals surface area (Å²) in [5.41, 5.74) is 6.19. The Hall–Kier alpha value is -3.10. The van der Waals surface area contributed by atoms with Gasteiger partial charge in [-0.2, -0.15) is 0 Å². The van der Waals surface area contributed by atoms with Gasteiger partial charge in [0.05, 0.1) is 6.42 Å². The fourth-order valence-corrected chi connectivity index (χ4v) is 3.98. The first-order valence-corrected chi connectivity index (χ1v) is 13.3. The molecular weight excluding hydrogens is 472 g/mol. The van der Waals surface area contributed by atoms with Crippen molar-refractivity contribution in [3.8, 4) is 0 Å². The zero-order chi connectivity index (χ0) is 28.0. The molecule has 0 bridgehead atoms. The Morgan fingerprint density at radius 2 is 1.62 bits per heavy atom. The monoisotopic (exact) mass is 518 g/mol. The van der Waals surface area contributed by atoms with Gasteiger partial charge in [0.2, 0.25) is 17.7 Å². The van der Waals surface area contributed by atoms with Crippen LogP contribution in [0.2, 0.25) is 0 Å². The summed E-state index contributed by atoms with van der Waals surface area (Å²) >= 11 is 0. The zero-order valence-corrected chi connectivity index (χ0v) is 23.4. The number of ether oxygens (including phenoxy) is 1. The molecule has 9 nitrogen and oxygen atoms in total. The number of alkyl carbamates (subject to hydrolysis) is 1. The van der Waals surface area contributed by atoms with Gasteiger partial charge in [0.15, 0.2) is 0 Å². The predicted molar refractivity (Wildman–Crippen MR) is 145 cm³/mol. The third-order valence-corrected chi connectivity index (χ3v) is 5.80. The number of aryl methyl sites for hydroxylation is 1. The number of carbonyl (C=O) groups excluding carboxylic acids is 4. The fraction of sp³-hybridized carbons (Fsp3) is 0.643. The summed E-state index contributed by atoms with van der Waals surface area (Å²) in [5.74, 6) is -1.61. The molecule has 0 spiro atoms. The Balaban J connectivity index is 3.44. The number of nitrogens with one attached hydrogen (secondary N) is 2. The van der Waals surface area contributed by atoms with E-state index in [0.29, 0.717) is 18.5 Å². The molecule has 208 valence electrons. The number of carbonyl (C=O) groups is 4. The van der Waals surface area contributed by atoms with Gasteiger partial charge in [-0.15, -0.1) is 0 Å². The smallest absolute Gasteiger partial charge is 0.408 e. The number of nitrogens with zero attached hydrogens (tertiary/aromatic N) is 1. The van der Waals surface area contributed by atoms with Crippen molar-refractivity contribution < 1.29 is 23.9 Å². The molecule has 4 N–H and O–H groups in total. The average molecular weight is 519 g/mol. The maximum Gasteiger partial charge on any atom is 0.408 e. The van der Waals surface area contributed by atoms with Crippen LogP contribution in [-0.4, -0.2) is 53.4 Å². The van der Waals surface area contributed by atoms with E-state index in [1.54, 1.807) is 20.8 Å². The van der Waals surface area contributed by atoms with E-state index in [1.807, 2.05) is 38.1 Å². The van der Waals surface area contributed by atoms with Crippen molar-refractivity contribution in [1.29, 1.82) is 0 Å². The Morgan fingerprint density at radius 3 is 2.19 bits per heavy atom. The maximum atomic E-state index is 13.9. The SMILES string of the molecule is CCCCCNC(=O)C(c1ccccc1C)N(CCCCC)C(=O)C(CC(N)=O)NC(=O)OC(C)(C)C. The third-order valence-electron chi connectivity index (χ3n) is 5.80. The Kier molecular flexibility index (Phi) is 13.7. The van der Waals surface area contributed by atoms with Gasteiger partial charge in [0.1, 0.15) is 17.7 Å². The molecule has 0 heterocycles. The summed E-state index contributed by atoms with van der Waals surface area (Å²) in [5, 5.41) is 5.49. The first-order valence-electron chi connectivity index (χ1n) is 13.3. The largest absolute Gasteiger partial charge is 0.444 e. The molecule has 0 aliphatic heterocycles. The van der Waals surface area contributed by atoms with Crippen molar-refractivity contribution >= 4 is 23.8 Å². The minimum Gasteiger partial charge on any atom is -0.444 e. The topological polar surface area (TPSA) is 131 Å². The number of rotatable bonds is 15. The van der Waals surface area contributed by atoms with Crippen LogP contribution in [0.15, 0.2) is 24.3 Å². The standard InChI is InChI=1S/C28H46N4O5/c1-7-9-13-17-30-25(34)24(21-16-12-11-15-20(21)3)32(18-14-10-8-2)26(35)22(19-23(29)33)31-27(36)37-28(4,5)6/h11-12,15-16,22,24H,7-10,13-14,17-19H2,1-6H3,(H2,29,33)(H,30,34)(H,31,36). The molecule has 0 radical (unpaired) electrons. The van der Waals surface area contributed by atoms with E-state index in [2.05, 4.69) is 17.6 Å². The van der Waals surface area contributed by atoms with Crippen LogP contribution in [0.5, 0.6) is 0 Å². The van der Waals surface area contributed by atoms with Crippen LogP contribution in [0.1, 0.15) is 96.7 Å². The summed E-state index contributed by atoms with van der Waals surface area (Å²) in [7, 11) is 0. The van der Waals surface area contributed by atoms with Gasteiger partial charge in [-0.1, -0.05) is 63.8 Å². The maximum absolute atomic E-state index is 13.9. The Bertz CT molecular complexity index is 897. The normalized spacial score (nSPS) is 12.8. The summed E-state index contributed by atoms with van der Waals surface area (Å²) in [6.45, 7) is 11.9. The van der Waals surface area contributed by atoms with Gasteiger partial charge in [0.25, 0.3) is 0 Å². The minimum atomic E-state index is -1.27. The fourth-order valence-electron chi connectivity index (χ4n) is 3.98. The predicted octanol–water partition coefficient (Wildman–Crippen LogP) is 4.13. The van der Waals surface area contributed by atoms with Gasteiger partial charge < -0.3 is 26.0 Å². The first-order chi connectivity index (χ1) is 17.4. The van der Waals surface area contributed by atoms with Gasteiger partial charge in [-0.3, -0.25) is 14.4 Å². The van der Waals surface area contributed by atoms with Crippen LogP contribution in [0.25, 0.3) is 0 Å². The molecule has 2 unspecified atom stereocenters. The molecule has 0 saturated carbocycles. The number of unbranched alkanes of at least 4 members (excludes halogenated alkanes) is 4. The molecule has 37 heavy (non-hydrogen) atoms. The van der Waals surface area contributed by atoms with Gasteiger partial charge >= 0.3 is 6.09 Å². The molecule has 1 aromatic rings. The highest BCUT2D eigenvalue weighted by Crippen LogP contribution is 2.26. The van der Waals surface area contributed by atoms with Crippen LogP contribution in [0.3, 0.4) is 0 Å². The third kappa shape index (κ3) is 11.7. The molecule has 0 aliphatic rings. The lowest BCUT2D eigenvalue weighted by molar-refractivity contribution is -0.143. The molecule has 4 amide bonds. The lowest BCUT2D eigenvalue weighted by Gasteiger charge is -2.35. The average Bonchev–Trinajstić information content (AvgIpc) is 2.80. The molecule has 1 aromatic carbocycles. The molecule has 9 heteroatoms. The molecular formula is C28H46N4O5. The second-order valence-electron chi connectivity index (χ2n) is 10.4. The lowest BCUT2D eigenvalue weighted by Crippen LogP contribution is -2.54. The van der Waals surface area contributed by atoms with E-state index < -0.39 is 42.0 Å². The minimum absolute atomic E-state index is 0.277. The van der Waals surface area contributed by atoms with E-state index >= 15 is 0 Å². The van der Waals surface area contributed by atoms with Gasteiger partial charge in [-0.05, 0) is 51.7 Å². The van der Waals surface area contributed by atoms with Gasteiger partial charge in [0, 0.05) is 13.1 Å². The van der Waals surface area contributed by atoms with Crippen LogP contribution in [0.4, 0.5) is 4.79 Å². The first kappa shape index (κ1) is 31.9. The lowest BCUT2D eigenvalue weighted by atomic mass is 9.97. The van der Waals surface area contributed by atoms with Crippen LogP contribution in [-0.2, 0) is 19.1 Å². The van der Waals surface area contributed by atoms with E-state index in [9.17, 15) is 19.2 Å². The van der Waals surface area contributed by atoms with Gasteiger partial charge in [-0.25, -0.2) is 4.79 Å². The second kappa shape index (κ2) is 15.9. The quantitative estimate of drug-likeness (QED) is 0.301. The van der Waals surface area contributed by atoms with Crippen molar-refractivity contribution in [3.05, 3.63) is 35.4 Å². The van der Waals surface area contributed by atoms with Crippen molar-refractivity contribution in [2.75, 3.05) is 13.1 Å². The van der Waals surface area contributed by atoms with E-state index in [1.165, 1.54) is 4.90 Å². The van der Waals surface area contributed by atoms with E-state index in [0.717, 1.165) is 37.7 Å². The number of hydrogen-bond donors (Lipinski definition) is 3. The van der Waals surface area contributed by atoms with Crippen LogP contribution >= 0.6 is 0 Å². The highest BCUT2D eigenvalue weighted by Gasteiger charge is 2.37. The second-order valence-corrected chi connectivity index (χ2v) is 10.4. The number of primary amides is 1. The summed E-state index contributed by atoms with van der Waals surface area (Å²) in [4.78, 5) is 53.4. The Morgan fingerprint density at radius 1 is 1.00 bits per heavy atom. The summed E-state index contributed by atoms with van der Waals surface area (Å²) in [6.07, 6.45) is 4.00. The number of amides is 4. The molecule has 1 rings (SSSR count). The summed E-state index contributed by atoms with van der Waals surface area (Å²) < 4.78 is 5.31. The van der Waals surface area contributed by atoms with Crippen molar-refractivity contribution in [3.63, 3.8) is 0 Å². The Labute approximate surface area is 221 Å². The van der Waals surface area contributed by atoms with E-state index in [4.69, 9.17) is 10.5 Å². The van der Waals surface area contributed by atoms with E-state index in [-0.39, 0.29) is 12.5 Å². The van der Waals surface area contributed by atoms with Crippen molar-refractivity contribution in [2.24, 2.45) is 5.73 Å². The van der Waals surface area contributed by atoms with Crippen LogP contribution < -0.4 is 16.4 Å². The molecule has 0 aromatic heterocycles. The van der Waals surface area contributed by atoms with Crippen molar-refractivity contribution in [1.82, 2.24) is 15.5 Å². The number of nitrogens with two attached hydrogens (primary N) is 1. The molecule has 0 saturated heterocycles. The molecule has 0 fully saturated rings. The molecule has 2 atom stereocenters. The molecule has 0 aliphatic carbocycles. The number of benzene rings is 1. The summed E-state index contributed by atoms with van der Waals surface area (Å²) in [6, 6.07) is 5.22.